The van der Waals surface area contributed by atoms with Crippen molar-refractivity contribution in [3.63, 3.8) is 0 Å². The molecule has 0 atom stereocenters. The van der Waals surface area contributed by atoms with Gasteiger partial charge in [0.1, 0.15) is 22.8 Å². The molecule has 77 heavy (non-hydrogen) atoms. The fraction of sp³-hybridized carbons (Fsp3) is 0.167. The average Bonchev–Trinajstić information content (AvgIpc) is 4.18. The molecular weight excluding hydrogens is 937 g/mol. The van der Waals surface area contributed by atoms with Gasteiger partial charge in [-0.2, -0.15) is 0 Å². The molecule has 0 spiro atoms. The molecule has 5 heteroatoms. The smallest absolute Gasteiger partial charge is 0.137 e. The molecule has 376 valence electrons. The topological polar surface area (TPSA) is 45.4 Å². The molecule has 0 bridgehead atoms. The van der Waals surface area contributed by atoms with Crippen LogP contribution in [0.5, 0.6) is 0 Å². The van der Waals surface area contributed by atoms with E-state index in [0.29, 0.717) is 6.54 Å². The standard InChI is InChI=1S/C72H62N4O/c1-46-27-39-63(73-43-46)75(53-33-29-49(30-34-53)70(3,4)5)45-48-41-62-65(59-25-17-18-26-61(59)77-62)67-66-57-24-16-15-23-56(57)60-42-55(76(64-40-28-47(2)44-74-64)54-35-31-50(32-36-54)71(6,7)8)37-38-58(60)69(66)72(68(48)67,51-19-11-9-12-20-51)52-21-13-10-14-22-52/h9-44H,45H2,1-8H3. The lowest BCUT2D eigenvalue weighted by molar-refractivity contribution is 0.590. The maximum atomic E-state index is 7.09. The Morgan fingerprint density at radius 1 is 0.429 bits per heavy atom. The summed E-state index contributed by atoms with van der Waals surface area (Å²) in [5.74, 6) is 1.74. The molecule has 1 aliphatic rings. The number of nitrogens with zero attached hydrogens (tertiary/aromatic N) is 4. The van der Waals surface area contributed by atoms with Gasteiger partial charge >= 0.3 is 0 Å². The second-order valence-electron chi connectivity index (χ2n) is 23.2. The Hall–Kier alpha value is -8.80. The van der Waals surface area contributed by atoms with Gasteiger partial charge in [0.05, 0.1) is 12.0 Å². The van der Waals surface area contributed by atoms with Crippen molar-refractivity contribution in [2.75, 3.05) is 9.80 Å². The fourth-order valence-electron chi connectivity index (χ4n) is 12.3. The molecule has 0 fully saturated rings. The number of fused-ring (bicyclic) bond motifs is 12. The fourth-order valence-corrected chi connectivity index (χ4v) is 12.3. The minimum absolute atomic E-state index is 0.00474. The van der Waals surface area contributed by atoms with Crippen molar-refractivity contribution in [1.82, 2.24) is 9.97 Å². The zero-order chi connectivity index (χ0) is 52.8. The number of rotatable bonds is 9. The summed E-state index contributed by atoms with van der Waals surface area (Å²) < 4.78 is 7.09. The highest BCUT2D eigenvalue weighted by Crippen LogP contribution is 2.64. The van der Waals surface area contributed by atoms with E-state index in [0.717, 1.165) is 67.3 Å². The molecular formula is C72H62N4O. The van der Waals surface area contributed by atoms with E-state index >= 15 is 0 Å². The normalized spacial score (nSPS) is 13.1. The van der Waals surface area contributed by atoms with Crippen molar-refractivity contribution in [3.8, 4) is 11.1 Å². The predicted molar refractivity (Wildman–Crippen MR) is 322 cm³/mol. The molecule has 0 unspecified atom stereocenters. The molecule has 12 aromatic rings. The molecule has 5 nitrogen and oxygen atoms in total. The Bertz CT molecular complexity index is 4150. The van der Waals surface area contributed by atoms with Crippen LogP contribution in [0.25, 0.3) is 54.6 Å². The quantitative estimate of drug-likeness (QED) is 0.135. The van der Waals surface area contributed by atoms with Gasteiger partial charge in [-0.05, 0) is 168 Å². The van der Waals surface area contributed by atoms with Crippen molar-refractivity contribution >= 4 is 72.2 Å². The van der Waals surface area contributed by atoms with Crippen LogP contribution in [0.15, 0.2) is 223 Å². The minimum Gasteiger partial charge on any atom is -0.456 e. The zero-order valence-corrected chi connectivity index (χ0v) is 45.2. The van der Waals surface area contributed by atoms with E-state index in [2.05, 4.69) is 271 Å². The van der Waals surface area contributed by atoms with Crippen LogP contribution in [0.2, 0.25) is 0 Å². The highest BCUT2D eigenvalue weighted by atomic mass is 16.3. The monoisotopic (exact) mass is 998 g/mol. The van der Waals surface area contributed by atoms with Crippen molar-refractivity contribution < 1.29 is 4.42 Å². The van der Waals surface area contributed by atoms with Gasteiger partial charge in [-0.25, -0.2) is 9.97 Å². The van der Waals surface area contributed by atoms with Gasteiger partial charge in [0, 0.05) is 40.2 Å². The van der Waals surface area contributed by atoms with Gasteiger partial charge in [0.2, 0.25) is 0 Å². The molecule has 13 rings (SSSR count). The molecule has 0 radical (unpaired) electrons. The van der Waals surface area contributed by atoms with Gasteiger partial charge < -0.3 is 9.32 Å². The lowest BCUT2D eigenvalue weighted by Crippen LogP contribution is -2.31. The lowest BCUT2D eigenvalue weighted by atomic mass is 9.65. The summed E-state index contributed by atoms with van der Waals surface area (Å²) in [4.78, 5) is 15.0. The summed E-state index contributed by atoms with van der Waals surface area (Å²) >= 11 is 0. The van der Waals surface area contributed by atoms with Gasteiger partial charge in [-0.1, -0.05) is 187 Å². The van der Waals surface area contributed by atoms with Crippen molar-refractivity contribution in [1.29, 1.82) is 0 Å². The number of aromatic nitrogens is 2. The Labute approximate surface area is 452 Å². The van der Waals surface area contributed by atoms with E-state index in [1.54, 1.807) is 0 Å². The van der Waals surface area contributed by atoms with Crippen LogP contribution in [-0.4, -0.2) is 9.97 Å². The van der Waals surface area contributed by atoms with Crippen LogP contribution in [0, 0.1) is 13.8 Å². The molecule has 0 N–H and O–H groups in total. The highest BCUT2D eigenvalue weighted by Gasteiger charge is 2.51. The van der Waals surface area contributed by atoms with Crippen molar-refractivity contribution in [3.05, 3.63) is 269 Å². The summed E-state index contributed by atoms with van der Waals surface area (Å²) in [6, 6.07) is 76.4. The third-order valence-electron chi connectivity index (χ3n) is 16.1. The van der Waals surface area contributed by atoms with Crippen LogP contribution in [0.3, 0.4) is 0 Å². The van der Waals surface area contributed by atoms with Gasteiger partial charge in [0.25, 0.3) is 0 Å². The SMILES string of the molecule is Cc1ccc(N(Cc2cc3oc4ccccc4c3c3c2C(c2ccccc2)(c2ccccc2)c2c-3c3ccccc3c3cc(N(c4ccc(C(C)(C)C)cc4)c4ccc(C)cn4)ccc23)c2ccc(C(C)(C)C)cc2)nc1. The summed E-state index contributed by atoms with van der Waals surface area (Å²) in [5, 5.41) is 6.95. The van der Waals surface area contributed by atoms with Gasteiger partial charge in [0.15, 0.2) is 0 Å². The van der Waals surface area contributed by atoms with E-state index in [9.17, 15) is 0 Å². The maximum Gasteiger partial charge on any atom is 0.137 e. The molecule has 0 saturated carbocycles. The summed E-state index contributed by atoms with van der Waals surface area (Å²) in [6.07, 6.45) is 3.95. The van der Waals surface area contributed by atoms with Crippen LogP contribution in [0.1, 0.15) is 91.6 Å². The summed E-state index contributed by atoms with van der Waals surface area (Å²) in [6.45, 7) is 18.3. The van der Waals surface area contributed by atoms with Crippen molar-refractivity contribution in [2.24, 2.45) is 0 Å². The highest BCUT2D eigenvalue weighted by molar-refractivity contribution is 6.25. The third-order valence-corrected chi connectivity index (χ3v) is 16.1. The first-order chi connectivity index (χ1) is 37.3. The number of anilines is 5. The van der Waals surface area contributed by atoms with E-state index in [1.807, 2.05) is 12.4 Å². The molecule has 9 aromatic carbocycles. The van der Waals surface area contributed by atoms with Crippen LogP contribution >= 0.6 is 0 Å². The first-order valence-corrected chi connectivity index (χ1v) is 27.0. The average molecular weight is 999 g/mol. The minimum atomic E-state index is -0.817. The number of aryl methyl sites for hydroxylation is 2. The van der Waals surface area contributed by atoms with E-state index < -0.39 is 5.41 Å². The predicted octanol–water partition coefficient (Wildman–Crippen LogP) is 19.1. The Morgan fingerprint density at radius 3 is 1.55 bits per heavy atom. The number of hydrogen-bond donors (Lipinski definition) is 0. The molecule has 3 aromatic heterocycles. The number of benzene rings is 9. The van der Waals surface area contributed by atoms with E-state index in [-0.39, 0.29) is 10.8 Å². The first-order valence-electron chi connectivity index (χ1n) is 27.0. The van der Waals surface area contributed by atoms with Crippen LogP contribution in [-0.2, 0) is 22.8 Å². The lowest BCUT2D eigenvalue weighted by Gasteiger charge is -2.37. The first kappa shape index (κ1) is 47.9. The third kappa shape index (κ3) is 7.90. The maximum absolute atomic E-state index is 7.09. The summed E-state index contributed by atoms with van der Waals surface area (Å²) in [5.41, 5.74) is 17.3. The molecule has 0 amide bonds. The molecule has 3 heterocycles. The Morgan fingerprint density at radius 2 is 0.961 bits per heavy atom. The zero-order valence-electron chi connectivity index (χ0n) is 45.2. The van der Waals surface area contributed by atoms with Crippen LogP contribution in [0.4, 0.5) is 28.7 Å². The van der Waals surface area contributed by atoms with E-state index in [1.165, 1.54) is 66.1 Å². The number of hydrogen-bond acceptors (Lipinski definition) is 5. The number of pyridine rings is 2. The molecule has 0 aliphatic heterocycles. The van der Waals surface area contributed by atoms with Gasteiger partial charge in [-0.15, -0.1) is 0 Å². The molecule has 1 aliphatic carbocycles. The van der Waals surface area contributed by atoms with Crippen molar-refractivity contribution in [2.45, 2.75) is 78.2 Å². The second kappa shape index (κ2) is 18.2. The Balaban J connectivity index is 1.17. The largest absolute Gasteiger partial charge is 0.456 e. The second-order valence-corrected chi connectivity index (χ2v) is 23.2. The molecule has 0 saturated heterocycles. The Kier molecular flexibility index (Phi) is 11.3. The van der Waals surface area contributed by atoms with Gasteiger partial charge in [-0.3, -0.25) is 4.90 Å². The summed E-state index contributed by atoms with van der Waals surface area (Å²) in [7, 11) is 0. The van der Waals surface area contributed by atoms with E-state index in [4.69, 9.17) is 14.4 Å². The van der Waals surface area contributed by atoms with Crippen LogP contribution < -0.4 is 9.80 Å². The number of furan rings is 1. The number of para-hydroxylation sites is 1.